The first kappa shape index (κ1) is 12.4. The summed E-state index contributed by atoms with van der Waals surface area (Å²) < 4.78 is 0. The van der Waals surface area contributed by atoms with Gasteiger partial charge in [-0.1, -0.05) is 41.9 Å². The molecule has 0 fully saturated rings. The van der Waals surface area contributed by atoms with Crippen LogP contribution in [0.5, 0.6) is 0 Å². The smallest absolute Gasteiger partial charge is 0.323 e. The van der Waals surface area contributed by atoms with E-state index in [-0.39, 0.29) is 5.41 Å². The number of halogens is 1. The topological polar surface area (TPSA) is 50.7 Å². The van der Waals surface area contributed by atoms with Crippen molar-refractivity contribution in [1.29, 1.82) is 0 Å². The number of carbonyl (C=O) groups excluding carboxylic acids is 1. The van der Waals surface area contributed by atoms with Crippen LogP contribution in [0.25, 0.3) is 0 Å². The van der Waals surface area contributed by atoms with E-state index in [1.54, 1.807) is 0 Å². The zero-order valence-electron chi connectivity index (χ0n) is 8.35. The number of hydrogen-bond acceptors (Lipinski definition) is 3. The van der Waals surface area contributed by atoms with Gasteiger partial charge in [0.15, 0.2) is 0 Å². The lowest BCUT2D eigenvalue weighted by Crippen LogP contribution is -2.24. The highest BCUT2D eigenvalue weighted by Crippen LogP contribution is 2.17. The highest BCUT2D eigenvalue weighted by atomic mass is 79.9. The van der Waals surface area contributed by atoms with Crippen molar-refractivity contribution in [2.24, 2.45) is 10.6 Å². The fourth-order valence-corrected chi connectivity index (χ4v) is 1.45. The van der Waals surface area contributed by atoms with Crippen molar-refractivity contribution in [1.82, 2.24) is 5.32 Å². The number of nitrogens with zero attached hydrogens (tertiary/aromatic N) is 1. The van der Waals surface area contributed by atoms with Gasteiger partial charge in [0, 0.05) is 17.8 Å². The van der Waals surface area contributed by atoms with Gasteiger partial charge in [-0.05, 0) is 0 Å². The molecule has 0 aromatic carbocycles. The number of nitrogens with one attached hydrogen (secondary N) is 1. The van der Waals surface area contributed by atoms with Gasteiger partial charge in [0.25, 0.3) is 0 Å². The highest BCUT2D eigenvalue weighted by Gasteiger charge is 2.18. The molecule has 0 aromatic heterocycles. The fraction of sp³-hybridized carbons (Fsp3) is 0.750. The molecule has 13 heavy (non-hydrogen) atoms. The third-order valence-electron chi connectivity index (χ3n) is 1.44. The molecule has 0 aliphatic rings. The van der Waals surface area contributed by atoms with E-state index in [0.717, 1.165) is 5.71 Å². The van der Waals surface area contributed by atoms with Crippen LogP contribution in [0.2, 0.25) is 0 Å². The lowest BCUT2D eigenvalue weighted by atomic mass is 9.91. The van der Waals surface area contributed by atoms with Crippen LogP contribution in [0.3, 0.4) is 0 Å². The third-order valence-corrected chi connectivity index (χ3v) is 1.97. The van der Waals surface area contributed by atoms with E-state index in [1.807, 2.05) is 20.8 Å². The van der Waals surface area contributed by atoms with Gasteiger partial charge in [0.05, 0.1) is 5.71 Å². The Hall–Kier alpha value is -0.580. The summed E-state index contributed by atoms with van der Waals surface area (Å²) in [5, 5.41) is 6.65. The van der Waals surface area contributed by atoms with E-state index in [9.17, 15) is 4.79 Å². The molecule has 1 N–H and O–H groups in total. The molecule has 0 rings (SSSR count). The van der Waals surface area contributed by atoms with Crippen LogP contribution in [0.4, 0.5) is 4.79 Å². The summed E-state index contributed by atoms with van der Waals surface area (Å²) >= 11 is 3.28. The second-order valence-corrected chi connectivity index (χ2v) is 4.11. The monoisotopic (exact) mass is 250 g/mol. The normalized spacial score (nSPS) is 12.5. The molecule has 76 valence electrons. The Morgan fingerprint density at radius 3 is 2.38 bits per heavy atom. The zero-order chi connectivity index (χ0) is 10.5. The average Bonchev–Trinajstić information content (AvgIpc) is 2.02. The molecule has 4 nitrogen and oxygen atoms in total. The van der Waals surface area contributed by atoms with Gasteiger partial charge >= 0.3 is 6.09 Å². The Kier molecular flexibility index (Phi) is 4.98. The molecule has 0 atom stereocenters. The molecule has 1 amide bonds. The minimum Gasteiger partial charge on any atom is -0.323 e. The van der Waals surface area contributed by atoms with Gasteiger partial charge < -0.3 is 5.32 Å². The largest absolute Gasteiger partial charge is 0.433 e. The molecule has 0 radical (unpaired) electrons. The Morgan fingerprint density at radius 1 is 1.54 bits per heavy atom. The molecule has 0 saturated heterocycles. The Balaban J connectivity index is 4.33. The predicted octanol–water partition coefficient (Wildman–Crippen LogP) is 2.14. The molecular formula is C8H15BrN2O2. The summed E-state index contributed by atoms with van der Waals surface area (Å²) in [5.41, 5.74) is 0.688. The Labute approximate surface area is 86.8 Å². The van der Waals surface area contributed by atoms with Crippen molar-refractivity contribution in [2.75, 3.05) is 12.4 Å². The third kappa shape index (κ3) is 4.87. The minimum absolute atomic E-state index is 0.0997. The zero-order valence-corrected chi connectivity index (χ0v) is 9.93. The fourth-order valence-electron chi connectivity index (χ4n) is 0.504. The van der Waals surface area contributed by atoms with E-state index in [1.165, 1.54) is 7.05 Å². The predicted molar refractivity (Wildman–Crippen MR) is 56.2 cm³/mol. The number of alkyl halides is 1. The van der Waals surface area contributed by atoms with Gasteiger partial charge in [-0.15, -0.1) is 0 Å². The van der Waals surface area contributed by atoms with E-state index >= 15 is 0 Å². The second-order valence-electron chi connectivity index (χ2n) is 3.55. The number of carbonyl (C=O) groups is 1. The number of rotatable bonds is 2. The average molecular weight is 251 g/mol. The molecule has 0 unspecified atom stereocenters. The van der Waals surface area contributed by atoms with Gasteiger partial charge in [0.1, 0.15) is 0 Å². The van der Waals surface area contributed by atoms with Crippen LogP contribution in [0.15, 0.2) is 5.16 Å². The first-order valence-electron chi connectivity index (χ1n) is 3.94. The summed E-state index contributed by atoms with van der Waals surface area (Å²) in [7, 11) is 1.49. The summed E-state index contributed by atoms with van der Waals surface area (Å²) in [6.45, 7) is 6.00. The molecule has 0 aromatic rings. The number of oxime groups is 1. The van der Waals surface area contributed by atoms with Crippen LogP contribution in [-0.2, 0) is 4.84 Å². The van der Waals surface area contributed by atoms with Crippen LogP contribution in [0.1, 0.15) is 20.8 Å². The molecule has 0 aliphatic heterocycles. The summed E-state index contributed by atoms with van der Waals surface area (Å²) in [6.07, 6.45) is -0.553. The molecule has 0 bridgehead atoms. The van der Waals surface area contributed by atoms with Crippen molar-refractivity contribution in [3.63, 3.8) is 0 Å². The summed E-state index contributed by atoms with van der Waals surface area (Å²) in [4.78, 5) is 15.3. The quantitative estimate of drug-likeness (QED) is 0.354. The lowest BCUT2D eigenvalue weighted by Gasteiger charge is -2.18. The van der Waals surface area contributed by atoms with E-state index in [0.29, 0.717) is 5.33 Å². The molecular weight excluding hydrogens is 236 g/mol. The van der Waals surface area contributed by atoms with Crippen molar-refractivity contribution >= 4 is 27.7 Å². The molecule has 5 heteroatoms. The van der Waals surface area contributed by atoms with E-state index in [2.05, 4.69) is 31.2 Å². The van der Waals surface area contributed by atoms with Gasteiger partial charge in [0.2, 0.25) is 0 Å². The maximum atomic E-state index is 10.7. The maximum Gasteiger partial charge on any atom is 0.433 e. The first-order valence-corrected chi connectivity index (χ1v) is 5.06. The molecule has 0 heterocycles. The SMILES string of the molecule is CNC(=O)ON=C(CBr)C(C)(C)C. The minimum atomic E-state index is -0.553. The molecule has 0 aliphatic carbocycles. The molecule has 0 spiro atoms. The first-order chi connectivity index (χ1) is 5.91. The lowest BCUT2D eigenvalue weighted by molar-refractivity contribution is 0.152. The Bertz CT molecular complexity index is 209. The van der Waals surface area contributed by atoms with Crippen LogP contribution < -0.4 is 5.32 Å². The van der Waals surface area contributed by atoms with Crippen LogP contribution in [-0.4, -0.2) is 24.2 Å². The van der Waals surface area contributed by atoms with E-state index in [4.69, 9.17) is 0 Å². The van der Waals surface area contributed by atoms with Crippen molar-refractivity contribution < 1.29 is 9.63 Å². The van der Waals surface area contributed by atoms with Crippen molar-refractivity contribution in [3.8, 4) is 0 Å². The molecule has 0 saturated carbocycles. The van der Waals surface area contributed by atoms with Gasteiger partial charge in [-0.3, -0.25) is 4.84 Å². The highest BCUT2D eigenvalue weighted by molar-refractivity contribution is 9.09. The number of amides is 1. The standard InChI is InChI=1S/C8H15BrN2O2/c1-8(2,3)6(5-9)11-13-7(12)10-4/h5H2,1-4H3,(H,10,12). The van der Waals surface area contributed by atoms with Crippen LogP contribution >= 0.6 is 15.9 Å². The summed E-state index contributed by atoms with van der Waals surface area (Å²) in [6, 6.07) is 0. The number of hydrogen-bond donors (Lipinski definition) is 1. The van der Waals surface area contributed by atoms with Crippen LogP contribution in [0, 0.1) is 5.41 Å². The Morgan fingerprint density at radius 2 is 2.08 bits per heavy atom. The van der Waals surface area contributed by atoms with Gasteiger partial charge in [-0.25, -0.2) is 4.79 Å². The summed E-state index contributed by atoms with van der Waals surface area (Å²) in [5.74, 6) is 0. The van der Waals surface area contributed by atoms with Crippen molar-refractivity contribution in [2.45, 2.75) is 20.8 Å². The maximum absolute atomic E-state index is 10.7. The second kappa shape index (κ2) is 5.21. The van der Waals surface area contributed by atoms with E-state index < -0.39 is 6.09 Å². The van der Waals surface area contributed by atoms with Gasteiger partial charge in [-0.2, -0.15) is 0 Å². The van der Waals surface area contributed by atoms with Crippen molar-refractivity contribution in [3.05, 3.63) is 0 Å².